The molecule has 1 saturated heterocycles. The van der Waals surface area contributed by atoms with Crippen molar-refractivity contribution < 1.29 is 17.9 Å². The van der Waals surface area contributed by atoms with E-state index in [1.807, 2.05) is 25.4 Å². The van der Waals surface area contributed by atoms with E-state index in [2.05, 4.69) is 16.2 Å². The van der Waals surface area contributed by atoms with E-state index in [-0.39, 0.29) is 16.6 Å². The van der Waals surface area contributed by atoms with E-state index in [0.29, 0.717) is 41.0 Å². The summed E-state index contributed by atoms with van der Waals surface area (Å²) in [5.41, 5.74) is 3.59. The second kappa shape index (κ2) is 8.89. The topological polar surface area (TPSA) is 112 Å². The van der Waals surface area contributed by atoms with Gasteiger partial charge in [-0.2, -0.15) is 10.4 Å². The Hall–Kier alpha value is -4.46. The van der Waals surface area contributed by atoms with Crippen LogP contribution in [0.15, 0.2) is 84.3 Å². The largest absolute Gasteiger partial charge is 0.484 e. The third-order valence-electron chi connectivity index (χ3n) is 6.26. The molecule has 0 unspecified atom stereocenters. The highest BCUT2D eigenvalue weighted by Gasteiger charge is 2.25. The molecule has 0 bridgehead atoms. The van der Waals surface area contributed by atoms with Crippen LogP contribution in [0.25, 0.3) is 33.3 Å². The van der Waals surface area contributed by atoms with Gasteiger partial charge in [-0.3, -0.25) is 4.68 Å². The van der Waals surface area contributed by atoms with Crippen LogP contribution >= 0.6 is 0 Å². The molecule has 10 heteroatoms. The molecule has 2 aromatic carbocycles. The molecule has 4 heterocycles. The van der Waals surface area contributed by atoms with Crippen molar-refractivity contribution in [2.45, 2.75) is 11.0 Å². The fourth-order valence-electron chi connectivity index (χ4n) is 4.28. The van der Waals surface area contributed by atoms with Gasteiger partial charge < -0.3 is 9.47 Å². The molecular formula is C27H21N5O4S. The van der Waals surface area contributed by atoms with Crippen LogP contribution in [0.1, 0.15) is 5.56 Å². The molecule has 0 radical (unpaired) electrons. The van der Waals surface area contributed by atoms with E-state index >= 15 is 0 Å². The molecule has 1 aliphatic rings. The van der Waals surface area contributed by atoms with Crippen molar-refractivity contribution in [2.24, 2.45) is 7.05 Å². The molecule has 184 valence electrons. The quantitative estimate of drug-likeness (QED) is 0.339. The molecule has 0 atom stereocenters. The highest BCUT2D eigenvalue weighted by molar-refractivity contribution is 7.90. The molecule has 0 saturated carbocycles. The summed E-state index contributed by atoms with van der Waals surface area (Å²) in [5, 5.41) is 14.7. The van der Waals surface area contributed by atoms with Crippen molar-refractivity contribution in [1.29, 1.82) is 5.26 Å². The number of fused-ring (bicyclic) bond motifs is 1. The zero-order chi connectivity index (χ0) is 25.6. The Bertz CT molecular complexity index is 1780. The zero-order valence-corrected chi connectivity index (χ0v) is 20.6. The first-order valence-electron chi connectivity index (χ1n) is 11.5. The fourth-order valence-corrected chi connectivity index (χ4v) is 5.62. The molecule has 5 aromatic rings. The first-order chi connectivity index (χ1) is 17.9. The third kappa shape index (κ3) is 4.04. The number of benzene rings is 2. The Balaban J connectivity index is 1.54. The lowest BCUT2D eigenvalue weighted by Crippen LogP contribution is -2.38. The van der Waals surface area contributed by atoms with Gasteiger partial charge >= 0.3 is 0 Å². The Labute approximate surface area is 213 Å². The molecule has 3 aromatic heterocycles. The average Bonchev–Trinajstić information content (AvgIpc) is 3.50. The maximum Gasteiger partial charge on any atom is 0.269 e. The third-order valence-corrected chi connectivity index (χ3v) is 7.93. The van der Waals surface area contributed by atoms with Crippen LogP contribution in [0.2, 0.25) is 0 Å². The molecule has 0 amide bonds. The normalized spacial score (nSPS) is 13.8. The van der Waals surface area contributed by atoms with Gasteiger partial charge in [0.25, 0.3) is 10.0 Å². The summed E-state index contributed by atoms with van der Waals surface area (Å²) in [5.74, 6) is 0.467. The van der Waals surface area contributed by atoms with Crippen LogP contribution in [0.4, 0.5) is 0 Å². The maximum atomic E-state index is 13.6. The van der Waals surface area contributed by atoms with Crippen molar-refractivity contribution in [2.75, 3.05) is 13.2 Å². The number of hydrogen-bond donors (Lipinski definition) is 0. The number of nitriles is 1. The van der Waals surface area contributed by atoms with Crippen molar-refractivity contribution in [3.05, 3.63) is 84.9 Å². The Morgan fingerprint density at radius 1 is 1.03 bits per heavy atom. The van der Waals surface area contributed by atoms with Crippen LogP contribution in [0, 0.1) is 11.3 Å². The van der Waals surface area contributed by atoms with Crippen LogP contribution in [-0.4, -0.2) is 46.5 Å². The highest BCUT2D eigenvalue weighted by atomic mass is 32.2. The minimum absolute atomic E-state index is 0.0814. The van der Waals surface area contributed by atoms with Gasteiger partial charge in [0.05, 0.1) is 29.9 Å². The van der Waals surface area contributed by atoms with Crippen molar-refractivity contribution in [3.8, 4) is 34.1 Å². The Kier molecular flexibility index (Phi) is 5.52. The predicted octanol–water partition coefficient (Wildman–Crippen LogP) is 3.99. The lowest BCUT2D eigenvalue weighted by molar-refractivity contribution is -0.0797. The summed E-state index contributed by atoms with van der Waals surface area (Å²) in [7, 11) is -2.10. The van der Waals surface area contributed by atoms with Gasteiger partial charge in [-0.1, -0.05) is 24.3 Å². The number of ether oxygens (including phenoxy) is 2. The minimum Gasteiger partial charge on any atom is -0.484 e. The number of aromatic nitrogens is 4. The van der Waals surface area contributed by atoms with E-state index in [1.165, 1.54) is 3.97 Å². The molecule has 1 aliphatic heterocycles. The highest BCUT2D eigenvalue weighted by Crippen LogP contribution is 2.36. The van der Waals surface area contributed by atoms with E-state index in [9.17, 15) is 13.7 Å². The monoisotopic (exact) mass is 511 g/mol. The van der Waals surface area contributed by atoms with E-state index in [0.717, 1.165) is 11.1 Å². The molecule has 1 fully saturated rings. The van der Waals surface area contributed by atoms with E-state index in [1.54, 1.807) is 65.7 Å². The first-order valence-corrected chi connectivity index (χ1v) is 13.0. The fraction of sp³-hybridized carbons (Fsp3) is 0.148. The minimum atomic E-state index is -3.93. The SMILES string of the molecule is Cn1cc(-c2cnc3c(c2)c(-c2ccc(OC4COC4)c(C#N)c2)cn3S(=O)(=O)c2ccccc2)cn1. The molecular weight excluding hydrogens is 490 g/mol. The Morgan fingerprint density at radius 2 is 1.84 bits per heavy atom. The number of pyridine rings is 1. The smallest absolute Gasteiger partial charge is 0.269 e. The summed E-state index contributed by atoms with van der Waals surface area (Å²) in [6.07, 6.45) is 6.71. The molecule has 0 N–H and O–H groups in total. The second-order valence-electron chi connectivity index (χ2n) is 8.75. The van der Waals surface area contributed by atoms with Gasteiger partial charge in [0.1, 0.15) is 17.9 Å². The lowest BCUT2D eigenvalue weighted by atomic mass is 10.0. The van der Waals surface area contributed by atoms with E-state index < -0.39 is 10.0 Å². The van der Waals surface area contributed by atoms with E-state index in [4.69, 9.17) is 9.47 Å². The van der Waals surface area contributed by atoms with Gasteiger partial charge in [0.2, 0.25) is 0 Å². The van der Waals surface area contributed by atoms with Crippen LogP contribution in [0.5, 0.6) is 5.75 Å². The average molecular weight is 512 g/mol. The second-order valence-corrected chi connectivity index (χ2v) is 10.6. The number of nitrogens with zero attached hydrogens (tertiary/aromatic N) is 5. The van der Waals surface area contributed by atoms with Crippen molar-refractivity contribution in [1.82, 2.24) is 18.7 Å². The van der Waals surface area contributed by atoms with Crippen molar-refractivity contribution in [3.63, 3.8) is 0 Å². The van der Waals surface area contributed by atoms with Gasteiger partial charge in [0.15, 0.2) is 5.65 Å². The summed E-state index contributed by atoms with van der Waals surface area (Å²) in [6.45, 7) is 0.973. The predicted molar refractivity (Wildman–Crippen MR) is 136 cm³/mol. The van der Waals surface area contributed by atoms with Gasteiger partial charge in [-0.05, 0) is 35.9 Å². The summed E-state index contributed by atoms with van der Waals surface area (Å²) in [4.78, 5) is 4.72. The number of hydrogen-bond acceptors (Lipinski definition) is 7. The van der Waals surface area contributed by atoms with Crippen molar-refractivity contribution >= 4 is 21.1 Å². The zero-order valence-electron chi connectivity index (χ0n) is 19.8. The van der Waals surface area contributed by atoms with Crippen LogP contribution in [0.3, 0.4) is 0 Å². The van der Waals surface area contributed by atoms with Gasteiger partial charge in [-0.25, -0.2) is 17.4 Å². The molecule has 0 spiro atoms. The van der Waals surface area contributed by atoms with Gasteiger partial charge in [-0.15, -0.1) is 0 Å². The molecule has 0 aliphatic carbocycles. The summed E-state index contributed by atoms with van der Waals surface area (Å²) >= 11 is 0. The number of aryl methyl sites for hydroxylation is 1. The first kappa shape index (κ1) is 23.0. The Morgan fingerprint density at radius 3 is 2.51 bits per heavy atom. The molecule has 6 rings (SSSR count). The summed E-state index contributed by atoms with van der Waals surface area (Å²) in [6, 6.07) is 17.6. The van der Waals surface area contributed by atoms with Crippen LogP contribution in [-0.2, 0) is 21.8 Å². The number of rotatable bonds is 6. The summed E-state index contributed by atoms with van der Waals surface area (Å²) < 4.78 is 41.2. The lowest BCUT2D eigenvalue weighted by Gasteiger charge is -2.27. The van der Waals surface area contributed by atoms with Gasteiger partial charge in [0, 0.05) is 47.7 Å². The molecule has 37 heavy (non-hydrogen) atoms. The standard InChI is InChI=1S/C27H21N5O4S/c1-31-14-21(13-30-31)20-10-24-25(18-7-8-26(19(9-18)11-28)36-22-16-35-17-22)15-32(27(24)29-12-20)37(33,34)23-5-3-2-4-6-23/h2-10,12-15,22H,16-17H2,1H3. The molecule has 9 nitrogen and oxygen atoms in total. The van der Waals surface area contributed by atoms with Crippen LogP contribution < -0.4 is 4.74 Å². The maximum absolute atomic E-state index is 13.6.